The van der Waals surface area contributed by atoms with E-state index in [4.69, 9.17) is 15.9 Å². The van der Waals surface area contributed by atoms with Gasteiger partial charge in [-0.25, -0.2) is 4.79 Å². The molecule has 62 heavy (non-hydrogen) atoms. The Bertz CT molecular complexity index is 1880. The Kier molecular flexibility index (Phi) is 19.3. The lowest BCUT2D eigenvalue weighted by atomic mass is 9.76. The second kappa shape index (κ2) is 22.7. The maximum absolute atomic E-state index is 14.3. The van der Waals surface area contributed by atoms with E-state index in [0.717, 1.165) is 16.7 Å². The largest absolute Gasteiger partial charge is 0.481 e. The van der Waals surface area contributed by atoms with Crippen molar-refractivity contribution < 1.29 is 58.5 Å². The molecule has 1 aliphatic rings. The molecule has 0 aliphatic carbocycles. The number of nitrogens with one attached hydrogen (secondary N) is 4. The summed E-state index contributed by atoms with van der Waals surface area (Å²) in [7, 11) is 3.16. The lowest BCUT2D eigenvalue weighted by Crippen LogP contribution is -2.61. The third-order valence-electron chi connectivity index (χ3n) is 10.7. The van der Waals surface area contributed by atoms with E-state index < -0.39 is 106 Å². The van der Waals surface area contributed by atoms with Crippen LogP contribution in [0.15, 0.2) is 35.9 Å². The highest BCUT2D eigenvalue weighted by Crippen LogP contribution is 2.30. The van der Waals surface area contributed by atoms with Gasteiger partial charge in [-0.3, -0.25) is 43.3 Å². The lowest BCUT2D eigenvalue weighted by Gasteiger charge is -2.40. The molecule has 0 spiro atoms. The molecule has 20 heteroatoms. The van der Waals surface area contributed by atoms with Crippen molar-refractivity contribution in [2.75, 3.05) is 32.9 Å². The van der Waals surface area contributed by atoms with Crippen LogP contribution in [0.25, 0.3) is 0 Å². The summed E-state index contributed by atoms with van der Waals surface area (Å²) in [5.41, 5.74) is 4.91. The molecule has 2 rings (SSSR count). The average molecular weight is 890 g/mol. The summed E-state index contributed by atoms with van der Waals surface area (Å²) in [4.78, 5) is 116. The predicted octanol–water partition coefficient (Wildman–Crippen LogP) is 0.949. The minimum Gasteiger partial charge on any atom is -0.481 e. The summed E-state index contributed by atoms with van der Waals surface area (Å²) in [6.45, 7) is 14.1. The number of benzene rings is 1. The van der Waals surface area contributed by atoms with E-state index in [9.17, 15) is 48.3 Å². The number of carboxylic acids is 3. The monoisotopic (exact) mass is 889 g/mol. The summed E-state index contributed by atoms with van der Waals surface area (Å²) in [5, 5.41) is 37.8. The molecule has 1 fully saturated rings. The van der Waals surface area contributed by atoms with Gasteiger partial charge in [0.05, 0.1) is 17.3 Å². The molecule has 6 amide bonds. The van der Waals surface area contributed by atoms with Crippen molar-refractivity contribution in [3.63, 3.8) is 0 Å². The molecule has 1 heterocycles. The standard InChI is InChI=1S/C42H63N7O12S/c1-22(2)28(19-23(3)34(53)46-27(40(60)61)15-16-31(51)52)48(10)38(57)33(41(4,5)6)47-36(55)32(44-9)42(7,8)25-13-11-24(12-14-25)35(54)45-17-18-49-30(50)20-29(37(49)56)62-21-26(43)39(58)59/h11-14,19,22,26-29,32-33,44H,15-18,20-21,43H2,1-10H3,(H,45,54)(H,46,53)(H,47,55)(H,51,52)(H,58,59)(H,60,61)/b23-19+/t26-,27+,28+,29?,32?,33+/m0/s1. The number of carboxylic acid groups (broad SMARTS) is 3. The van der Waals surface area contributed by atoms with Crippen molar-refractivity contribution in [3.05, 3.63) is 47.0 Å². The van der Waals surface area contributed by atoms with Gasteiger partial charge < -0.3 is 47.2 Å². The Morgan fingerprint density at radius 3 is 2.05 bits per heavy atom. The molecule has 0 saturated carbocycles. The molecule has 1 aliphatic heterocycles. The number of likely N-dealkylation sites (tertiary alicyclic amines) is 1. The van der Waals surface area contributed by atoms with Crippen LogP contribution in [0, 0.1) is 11.3 Å². The highest BCUT2D eigenvalue weighted by Gasteiger charge is 2.42. The number of hydrogen-bond acceptors (Lipinski definition) is 12. The molecule has 1 aromatic rings. The van der Waals surface area contributed by atoms with E-state index in [-0.39, 0.29) is 48.7 Å². The fraction of sp³-hybridized carbons (Fsp3) is 0.595. The van der Waals surface area contributed by atoms with E-state index in [0.29, 0.717) is 5.56 Å². The molecule has 1 aromatic carbocycles. The maximum Gasteiger partial charge on any atom is 0.326 e. The van der Waals surface area contributed by atoms with Crippen LogP contribution in [-0.4, -0.2) is 147 Å². The van der Waals surface area contributed by atoms with Crippen LogP contribution in [0.5, 0.6) is 0 Å². The molecule has 9 N–H and O–H groups in total. The number of carbonyl (C=O) groups excluding carboxylic acids is 6. The number of nitrogens with two attached hydrogens (primary N) is 1. The van der Waals surface area contributed by atoms with Crippen LogP contribution in [0.4, 0.5) is 0 Å². The van der Waals surface area contributed by atoms with Gasteiger partial charge in [0.2, 0.25) is 29.5 Å². The van der Waals surface area contributed by atoms with Gasteiger partial charge in [0.25, 0.3) is 5.91 Å². The molecule has 6 atom stereocenters. The number of rotatable bonds is 23. The lowest BCUT2D eigenvalue weighted by molar-refractivity contribution is -0.143. The zero-order chi connectivity index (χ0) is 47.4. The van der Waals surface area contributed by atoms with E-state index in [2.05, 4.69) is 21.3 Å². The predicted molar refractivity (Wildman–Crippen MR) is 231 cm³/mol. The second-order valence-corrected chi connectivity index (χ2v) is 18.5. The van der Waals surface area contributed by atoms with Crippen molar-refractivity contribution in [1.82, 2.24) is 31.1 Å². The molecular formula is C42H63N7O12S. The maximum atomic E-state index is 14.3. The number of thioether (sulfide) groups is 1. The Labute approximate surface area is 366 Å². The van der Waals surface area contributed by atoms with Crippen LogP contribution in [0.3, 0.4) is 0 Å². The van der Waals surface area contributed by atoms with E-state index in [1.165, 1.54) is 17.9 Å². The summed E-state index contributed by atoms with van der Waals surface area (Å²) < 4.78 is 0. The molecule has 1 saturated heterocycles. The van der Waals surface area contributed by atoms with Crippen molar-refractivity contribution in [2.24, 2.45) is 17.1 Å². The van der Waals surface area contributed by atoms with E-state index in [1.807, 2.05) is 27.7 Å². The van der Waals surface area contributed by atoms with Gasteiger partial charge in [-0.1, -0.05) is 66.7 Å². The summed E-state index contributed by atoms with van der Waals surface area (Å²) in [5.74, 6) is -7.08. The molecule has 0 radical (unpaired) electrons. The topological polar surface area (TPSA) is 295 Å². The quantitative estimate of drug-likeness (QED) is 0.0561. The normalized spacial score (nSPS) is 17.1. The SMILES string of the molecule is CNC(C(=O)N[C@H](C(=O)N(C)[C@H](/C=C(\C)C(=O)N[C@H](CCC(=O)O)C(=O)O)C(C)C)C(C)(C)C)C(C)(C)c1ccc(C(=O)NCCN2C(=O)CC(SC[C@H](N)C(=O)O)C2=O)cc1. The molecule has 19 nitrogen and oxygen atoms in total. The van der Waals surface area contributed by atoms with Crippen LogP contribution in [0.2, 0.25) is 0 Å². The first-order chi connectivity index (χ1) is 28.6. The average Bonchev–Trinajstić information content (AvgIpc) is 3.45. The number of hydrogen-bond donors (Lipinski definition) is 8. The number of likely N-dealkylation sites (N-methyl/N-ethyl adjacent to an activating group) is 2. The Morgan fingerprint density at radius 2 is 1.55 bits per heavy atom. The third kappa shape index (κ3) is 14.4. The van der Waals surface area contributed by atoms with E-state index in [1.54, 1.807) is 59.1 Å². The van der Waals surface area contributed by atoms with Crippen molar-refractivity contribution >= 4 is 65.1 Å². The first kappa shape index (κ1) is 52.8. The zero-order valence-corrected chi connectivity index (χ0v) is 37.9. The van der Waals surface area contributed by atoms with Gasteiger partial charge in [0.15, 0.2) is 0 Å². The van der Waals surface area contributed by atoms with Gasteiger partial charge in [0, 0.05) is 55.3 Å². The van der Waals surface area contributed by atoms with Gasteiger partial charge in [-0.15, -0.1) is 11.8 Å². The molecule has 2 unspecified atom stereocenters. The van der Waals surface area contributed by atoms with Gasteiger partial charge in [-0.2, -0.15) is 0 Å². The fourth-order valence-electron chi connectivity index (χ4n) is 6.84. The number of imide groups is 1. The minimum absolute atomic E-state index is 0.0209. The van der Waals surface area contributed by atoms with Crippen molar-refractivity contribution in [3.8, 4) is 0 Å². The molecule has 0 bridgehead atoms. The summed E-state index contributed by atoms with van der Waals surface area (Å²) >= 11 is 1.01. The van der Waals surface area contributed by atoms with Gasteiger partial charge >= 0.3 is 17.9 Å². The molecule has 0 aromatic heterocycles. The van der Waals surface area contributed by atoms with Crippen LogP contribution >= 0.6 is 11.8 Å². The Hall–Kier alpha value is -5.34. The molecule has 344 valence electrons. The number of nitrogens with zero attached hydrogens (tertiary/aromatic N) is 2. The Balaban J connectivity index is 2.18. The number of carbonyl (C=O) groups is 9. The Morgan fingerprint density at radius 1 is 0.952 bits per heavy atom. The fourth-order valence-corrected chi connectivity index (χ4v) is 7.95. The van der Waals surface area contributed by atoms with Crippen LogP contribution < -0.4 is 27.0 Å². The zero-order valence-electron chi connectivity index (χ0n) is 37.1. The van der Waals surface area contributed by atoms with Gasteiger partial charge in [-0.05, 0) is 49.4 Å². The number of amides is 6. The first-order valence-corrected chi connectivity index (χ1v) is 21.2. The summed E-state index contributed by atoms with van der Waals surface area (Å²) in [6.07, 6.45) is 0.672. The van der Waals surface area contributed by atoms with Crippen molar-refractivity contribution in [2.45, 2.75) is 116 Å². The van der Waals surface area contributed by atoms with Crippen molar-refractivity contribution in [1.29, 1.82) is 0 Å². The third-order valence-corrected chi connectivity index (χ3v) is 12.0. The van der Waals surface area contributed by atoms with Crippen LogP contribution in [0.1, 0.15) is 90.6 Å². The van der Waals surface area contributed by atoms with E-state index >= 15 is 0 Å². The number of aliphatic carboxylic acids is 3. The first-order valence-electron chi connectivity index (χ1n) is 20.2. The smallest absolute Gasteiger partial charge is 0.326 e. The highest BCUT2D eigenvalue weighted by atomic mass is 32.2. The van der Waals surface area contributed by atoms with Crippen LogP contribution in [-0.2, 0) is 43.8 Å². The summed E-state index contributed by atoms with van der Waals surface area (Å²) in [6, 6.07) is 1.38. The minimum atomic E-state index is -1.43. The second-order valence-electron chi connectivity index (χ2n) is 17.3. The van der Waals surface area contributed by atoms with Gasteiger partial charge in [0.1, 0.15) is 18.1 Å². The molecular weight excluding hydrogens is 827 g/mol. The highest BCUT2D eigenvalue weighted by molar-refractivity contribution is 8.00.